The Hall–Kier alpha value is -2.81. The summed E-state index contributed by atoms with van der Waals surface area (Å²) < 4.78 is 0. The largest absolute Gasteiger partial charge is 0.303 e. The minimum absolute atomic E-state index is 0.436. The van der Waals surface area contributed by atoms with E-state index in [0.717, 1.165) is 36.1 Å². The van der Waals surface area contributed by atoms with Gasteiger partial charge in [0.2, 0.25) is 0 Å². The van der Waals surface area contributed by atoms with Gasteiger partial charge in [-0.25, -0.2) is 0 Å². The zero-order chi connectivity index (χ0) is 15.9. The second kappa shape index (κ2) is 7.45. The van der Waals surface area contributed by atoms with E-state index in [9.17, 15) is 4.79 Å². The van der Waals surface area contributed by atoms with Crippen LogP contribution in [0.5, 0.6) is 0 Å². The van der Waals surface area contributed by atoms with E-state index in [1.165, 1.54) is 11.1 Å². The van der Waals surface area contributed by atoms with Crippen LogP contribution in [0.4, 0.5) is 0 Å². The van der Waals surface area contributed by atoms with Crippen molar-refractivity contribution in [2.24, 2.45) is 0 Å². The van der Waals surface area contributed by atoms with Crippen molar-refractivity contribution in [1.82, 2.24) is 9.97 Å². The van der Waals surface area contributed by atoms with Gasteiger partial charge in [-0.15, -0.1) is 0 Å². The number of nitrogens with zero attached hydrogens (tertiary/aromatic N) is 2. The summed E-state index contributed by atoms with van der Waals surface area (Å²) in [5, 5.41) is 0. The van der Waals surface area contributed by atoms with E-state index in [-0.39, 0.29) is 0 Å². The molecule has 0 amide bonds. The molecule has 0 aliphatic rings. The predicted molar refractivity (Wildman–Crippen MR) is 90.3 cm³/mol. The lowest BCUT2D eigenvalue weighted by atomic mass is 9.98. The van der Waals surface area contributed by atoms with Crippen molar-refractivity contribution in [2.75, 3.05) is 0 Å². The number of rotatable bonds is 6. The highest BCUT2D eigenvalue weighted by molar-refractivity contribution is 5.55. The van der Waals surface area contributed by atoms with E-state index in [0.29, 0.717) is 6.42 Å². The highest BCUT2D eigenvalue weighted by atomic mass is 16.1. The molecule has 0 saturated carbocycles. The highest BCUT2D eigenvalue weighted by Gasteiger charge is 2.05. The molecule has 0 aliphatic carbocycles. The number of aromatic nitrogens is 2. The molecule has 0 fully saturated rings. The fourth-order valence-corrected chi connectivity index (χ4v) is 2.68. The van der Waals surface area contributed by atoms with E-state index in [1.54, 1.807) is 12.4 Å². The average Bonchev–Trinajstić information content (AvgIpc) is 2.57. The average molecular weight is 302 g/mol. The summed E-state index contributed by atoms with van der Waals surface area (Å²) >= 11 is 0. The van der Waals surface area contributed by atoms with Crippen molar-refractivity contribution in [1.29, 1.82) is 0 Å². The van der Waals surface area contributed by atoms with Gasteiger partial charge in [0.25, 0.3) is 0 Å². The Balaban J connectivity index is 1.88. The number of hydrogen-bond donors (Lipinski definition) is 0. The summed E-state index contributed by atoms with van der Waals surface area (Å²) in [6.07, 6.45) is 6.53. The van der Waals surface area contributed by atoms with Crippen LogP contribution in [0, 0.1) is 0 Å². The van der Waals surface area contributed by atoms with Crippen LogP contribution in [0.3, 0.4) is 0 Å². The van der Waals surface area contributed by atoms with E-state index in [1.807, 2.05) is 36.4 Å². The summed E-state index contributed by atoms with van der Waals surface area (Å²) in [6.45, 7) is 0. The molecule has 2 aromatic heterocycles. The predicted octanol–water partition coefficient (Wildman–Crippen LogP) is 3.40. The third kappa shape index (κ3) is 4.33. The molecule has 0 spiro atoms. The van der Waals surface area contributed by atoms with Gasteiger partial charge in [-0.1, -0.05) is 30.3 Å². The topological polar surface area (TPSA) is 42.9 Å². The molecule has 114 valence electrons. The first-order valence-corrected chi connectivity index (χ1v) is 7.68. The van der Waals surface area contributed by atoms with Crippen molar-refractivity contribution < 1.29 is 4.79 Å². The Morgan fingerprint density at radius 1 is 0.739 bits per heavy atom. The van der Waals surface area contributed by atoms with Crippen LogP contribution in [0.25, 0.3) is 0 Å². The molecule has 0 bridgehead atoms. The molecule has 0 radical (unpaired) electrons. The smallest absolute Gasteiger partial charge is 0.124 e. The van der Waals surface area contributed by atoms with Crippen molar-refractivity contribution in [2.45, 2.75) is 19.3 Å². The summed E-state index contributed by atoms with van der Waals surface area (Å²) in [5.74, 6) is 0. The number of aldehydes is 1. The van der Waals surface area contributed by atoms with Gasteiger partial charge in [0.1, 0.15) is 6.29 Å². The lowest BCUT2D eigenvalue weighted by Gasteiger charge is -2.09. The maximum atomic E-state index is 10.9. The maximum Gasteiger partial charge on any atom is 0.124 e. The third-order valence-corrected chi connectivity index (χ3v) is 3.65. The van der Waals surface area contributed by atoms with Crippen LogP contribution >= 0.6 is 0 Å². The van der Waals surface area contributed by atoms with Gasteiger partial charge in [-0.05, 0) is 41.0 Å². The Kier molecular flexibility index (Phi) is 4.89. The summed E-state index contributed by atoms with van der Waals surface area (Å²) in [4.78, 5) is 19.7. The fraction of sp³-hybridized carbons (Fsp3) is 0.150. The lowest BCUT2D eigenvalue weighted by molar-refractivity contribution is -0.107. The Morgan fingerprint density at radius 3 is 1.70 bits per heavy atom. The van der Waals surface area contributed by atoms with Gasteiger partial charge in [0.05, 0.1) is 0 Å². The third-order valence-electron chi connectivity index (χ3n) is 3.65. The summed E-state index contributed by atoms with van der Waals surface area (Å²) in [5.41, 5.74) is 5.45. The Morgan fingerprint density at radius 2 is 1.26 bits per heavy atom. The van der Waals surface area contributed by atoms with E-state index in [2.05, 4.69) is 28.2 Å². The van der Waals surface area contributed by atoms with Crippen molar-refractivity contribution in [3.8, 4) is 0 Å². The Labute approximate surface area is 136 Å². The second-order valence-corrected chi connectivity index (χ2v) is 5.52. The monoisotopic (exact) mass is 302 g/mol. The molecule has 3 heteroatoms. The first-order valence-electron chi connectivity index (χ1n) is 7.68. The van der Waals surface area contributed by atoms with Gasteiger partial charge in [-0.2, -0.15) is 0 Å². The first-order chi connectivity index (χ1) is 11.3. The number of pyridine rings is 2. The van der Waals surface area contributed by atoms with E-state index < -0.39 is 0 Å². The fourth-order valence-electron chi connectivity index (χ4n) is 2.68. The standard InChI is InChI=1S/C20H18N2O/c23-10-7-16-11-17(14-19-5-1-3-8-21-19)13-18(12-16)15-20-6-2-4-9-22-20/h1-6,8-13H,7,14-15H2. The van der Waals surface area contributed by atoms with E-state index >= 15 is 0 Å². The quantitative estimate of drug-likeness (QED) is 0.655. The first kappa shape index (κ1) is 15.1. The Bertz CT molecular complexity index is 710. The number of carbonyl (C=O) groups excluding carboxylic acids is 1. The molecule has 3 nitrogen and oxygen atoms in total. The van der Waals surface area contributed by atoms with Gasteiger partial charge >= 0.3 is 0 Å². The normalized spacial score (nSPS) is 10.4. The lowest BCUT2D eigenvalue weighted by Crippen LogP contribution is -1.99. The van der Waals surface area contributed by atoms with Crippen LogP contribution in [0.1, 0.15) is 28.1 Å². The number of hydrogen-bond acceptors (Lipinski definition) is 3. The SMILES string of the molecule is O=CCc1cc(Cc2ccccn2)cc(Cc2ccccn2)c1. The molecule has 0 atom stereocenters. The van der Waals surface area contributed by atoms with Gasteiger partial charge < -0.3 is 4.79 Å². The van der Waals surface area contributed by atoms with Gasteiger partial charge in [-0.3, -0.25) is 9.97 Å². The molecular weight excluding hydrogens is 284 g/mol. The van der Waals surface area contributed by atoms with Crippen LogP contribution < -0.4 is 0 Å². The molecule has 1 aromatic carbocycles. The molecule has 23 heavy (non-hydrogen) atoms. The molecule has 3 rings (SSSR count). The van der Waals surface area contributed by atoms with Crippen LogP contribution in [0.2, 0.25) is 0 Å². The molecule has 3 aromatic rings. The van der Waals surface area contributed by atoms with Gasteiger partial charge in [0, 0.05) is 43.0 Å². The molecule has 0 N–H and O–H groups in total. The second-order valence-electron chi connectivity index (χ2n) is 5.52. The zero-order valence-corrected chi connectivity index (χ0v) is 12.9. The number of carbonyl (C=O) groups is 1. The van der Waals surface area contributed by atoms with Crippen LogP contribution in [-0.4, -0.2) is 16.3 Å². The zero-order valence-electron chi connectivity index (χ0n) is 12.9. The van der Waals surface area contributed by atoms with Crippen LogP contribution in [-0.2, 0) is 24.1 Å². The number of benzene rings is 1. The van der Waals surface area contributed by atoms with E-state index in [4.69, 9.17) is 0 Å². The summed E-state index contributed by atoms with van der Waals surface area (Å²) in [6, 6.07) is 18.2. The van der Waals surface area contributed by atoms with Crippen molar-refractivity contribution in [3.63, 3.8) is 0 Å². The minimum atomic E-state index is 0.436. The molecule has 0 saturated heterocycles. The van der Waals surface area contributed by atoms with Crippen molar-refractivity contribution >= 4 is 6.29 Å². The van der Waals surface area contributed by atoms with Crippen LogP contribution in [0.15, 0.2) is 67.0 Å². The molecule has 2 heterocycles. The highest BCUT2D eigenvalue weighted by Crippen LogP contribution is 2.16. The molecule has 0 aliphatic heterocycles. The van der Waals surface area contributed by atoms with Crippen molar-refractivity contribution in [3.05, 3.63) is 95.1 Å². The minimum Gasteiger partial charge on any atom is -0.303 e. The van der Waals surface area contributed by atoms with Gasteiger partial charge in [0.15, 0.2) is 0 Å². The molecular formula is C20H18N2O. The summed E-state index contributed by atoms with van der Waals surface area (Å²) in [7, 11) is 0. The maximum absolute atomic E-state index is 10.9. The molecule has 0 unspecified atom stereocenters.